The van der Waals surface area contributed by atoms with Crippen molar-refractivity contribution in [1.29, 1.82) is 0 Å². The van der Waals surface area contributed by atoms with Crippen LogP contribution in [0.25, 0.3) is 0 Å². The van der Waals surface area contributed by atoms with Crippen molar-refractivity contribution in [3.63, 3.8) is 0 Å². The summed E-state index contributed by atoms with van der Waals surface area (Å²) in [5, 5.41) is 6.07. The molecular weight excluding hydrogens is 258 g/mol. The van der Waals surface area contributed by atoms with Gasteiger partial charge in [0.15, 0.2) is 0 Å². The van der Waals surface area contributed by atoms with E-state index in [1.54, 1.807) is 7.05 Å². The number of amides is 1. The third-order valence-corrected chi connectivity index (χ3v) is 3.56. The van der Waals surface area contributed by atoms with Gasteiger partial charge >= 0.3 is 5.97 Å². The van der Waals surface area contributed by atoms with E-state index in [0.717, 1.165) is 32.2 Å². The number of primary amides is 1. The Kier molecular flexibility index (Phi) is 9.16. The fourth-order valence-electron chi connectivity index (χ4n) is 2.31. The van der Waals surface area contributed by atoms with E-state index in [1.165, 1.54) is 7.11 Å². The summed E-state index contributed by atoms with van der Waals surface area (Å²) in [5.74, 6) is -0.552. The molecule has 4 N–H and O–H groups in total. The zero-order valence-corrected chi connectivity index (χ0v) is 13.1. The van der Waals surface area contributed by atoms with Gasteiger partial charge in [-0.25, -0.2) is 0 Å². The third kappa shape index (κ3) is 6.34. The first kappa shape index (κ1) is 18.9. The number of rotatable bonds is 11. The first-order valence-electron chi connectivity index (χ1n) is 7.21. The maximum atomic E-state index is 11.8. The number of carbonyl (C=O) groups is 2. The Balaban J connectivity index is 4.07. The van der Waals surface area contributed by atoms with Crippen LogP contribution in [0, 0.1) is 0 Å². The van der Waals surface area contributed by atoms with Gasteiger partial charge < -0.3 is 21.1 Å². The molecule has 0 aromatic carbocycles. The van der Waals surface area contributed by atoms with Crippen LogP contribution >= 0.6 is 0 Å². The summed E-state index contributed by atoms with van der Waals surface area (Å²) >= 11 is 0. The zero-order valence-electron chi connectivity index (χ0n) is 13.1. The van der Waals surface area contributed by atoms with Gasteiger partial charge in [-0.1, -0.05) is 26.2 Å². The van der Waals surface area contributed by atoms with Crippen molar-refractivity contribution in [2.75, 3.05) is 20.7 Å². The fraction of sp³-hybridized carbons (Fsp3) is 0.857. The van der Waals surface area contributed by atoms with Crippen LogP contribution in [-0.4, -0.2) is 44.2 Å². The number of hydrogen-bond donors (Lipinski definition) is 3. The molecule has 0 saturated carbocycles. The van der Waals surface area contributed by atoms with Crippen LogP contribution < -0.4 is 16.4 Å². The van der Waals surface area contributed by atoms with Crippen LogP contribution in [-0.2, 0) is 14.3 Å². The number of hydrogen-bond acceptors (Lipinski definition) is 5. The van der Waals surface area contributed by atoms with Crippen LogP contribution in [0.4, 0.5) is 0 Å². The van der Waals surface area contributed by atoms with Gasteiger partial charge in [0, 0.05) is 0 Å². The predicted molar refractivity (Wildman–Crippen MR) is 79.2 cm³/mol. The highest BCUT2D eigenvalue weighted by atomic mass is 16.5. The summed E-state index contributed by atoms with van der Waals surface area (Å²) in [5.41, 5.74) is 4.63. The largest absolute Gasteiger partial charge is 0.468 e. The van der Waals surface area contributed by atoms with E-state index in [-0.39, 0.29) is 17.9 Å². The van der Waals surface area contributed by atoms with Crippen LogP contribution in [0.5, 0.6) is 0 Å². The molecule has 6 heteroatoms. The van der Waals surface area contributed by atoms with E-state index < -0.39 is 5.54 Å². The number of ether oxygens (including phenoxy) is 1. The van der Waals surface area contributed by atoms with E-state index >= 15 is 0 Å². The number of unbranched alkanes of at least 4 members (excludes halogenated alkanes) is 2. The molecule has 118 valence electrons. The average Bonchev–Trinajstić information content (AvgIpc) is 2.41. The molecule has 0 heterocycles. The number of likely N-dealkylation sites (N-methyl/N-ethyl adjacent to an activating group) is 2. The quantitative estimate of drug-likeness (QED) is 0.381. The monoisotopic (exact) mass is 287 g/mol. The van der Waals surface area contributed by atoms with Crippen LogP contribution in [0.3, 0.4) is 0 Å². The molecule has 2 atom stereocenters. The molecule has 20 heavy (non-hydrogen) atoms. The van der Waals surface area contributed by atoms with E-state index in [9.17, 15) is 9.59 Å². The van der Waals surface area contributed by atoms with Crippen LogP contribution in [0.2, 0.25) is 0 Å². The molecule has 0 saturated heterocycles. The van der Waals surface area contributed by atoms with E-state index in [1.807, 2.05) is 13.8 Å². The minimum absolute atomic E-state index is 0.232. The van der Waals surface area contributed by atoms with Crippen molar-refractivity contribution < 1.29 is 14.3 Å². The highest BCUT2D eigenvalue weighted by molar-refractivity contribution is 5.80. The lowest BCUT2D eigenvalue weighted by Gasteiger charge is -2.27. The molecule has 0 rings (SSSR count). The van der Waals surface area contributed by atoms with Crippen molar-refractivity contribution in [2.24, 2.45) is 5.73 Å². The molecule has 0 aliphatic rings. The van der Waals surface area contributed by atoms with E-state index in [0.29, 0.717) is 6.42 Å². The SMILES string of the molecule is CCNC(C)(CCCCCC(NC)C(N)=O)C(=O)OC. The van der Waals surface area contributed by atoms with Crippen molar-refractivity contribution in [3.8, 4) is 0 Å². The lowest BCUT2D eigenvalue weighted by molar-refractivity contribution is -0.148. The Morgan fingerprint density at radius 2 is 1.95 bits per heavy atom. The number of carbonyl (C=O) groups excluding carboxylic acids is 2. The molecule has 1 amide bonds. The van der Waals surface area contributed by atoms with Crippen molar-refractivity contribution in [1.82, 2.24) is 10.6 Å². The van der Waals surface area contributed by atoms with Gasteiger partial charge in [0.25, 0.3) is 0 Å². The van der Waals surface area contributed by atoms with Crippen molar-refractivity contribution >= 4 is 11.9 Å². The summed E-state index contributed by atoms with van der Waals surface area (Å²) in [6.45, 7) is 4.54. The molecular formula is C14H29N3O3. The first-order valence-corrected chi connectivity index (χ1v) is 7.21. The Bertz CT molecular complexity index is 310. The van der Waals surface area contributed by atoms with Crippen LogP contribution in [0.1, 0.15) is 46.0 Å². The van der Waals surface area contributed by atoms with Gasteiger partial charge in [-0.3, -0.25) is 9.59 Å². The van der Waals surface area contributed by atoms with Crippen molar-refractivity contribution in [3.05, 3.63) is 0 Å². The minimum atomic E-state index is -0.629. The molecule has 0 aromatic heterocycles. The van der Waals surface area contributed by atoms with Gasteiger partial charge in [-0.05, 0) is 33.4 Å². The van der Waals surface area contributed by atoms with Gasteiger partial charge in [0.1, 0.15) is 5.54 Å². The van der Waals surface area contributed by atoms with E-state index in [2.05, 4.69) is 10.6 Å². The van der Waals surface area contributed by atoms with Crippen LogP contribution in [0.15, 0.2) is 0 Å². The normalized spacial score (nSPS) is 15.4. The smallest absolute Gasteiger partial charge is 0.325 e. The molecule has 0 spiro atoms. The molecule has 0 aromatic rings. The number of methoxy groups -OCH3 is 1. The molecule has 2 unspecified atom stereocenters. The second-order valence-electron chi connectivity index (χ2n) is 5.20. The standard InChI is InChI=1S/C14H29N3O3/c1-5-17-14(2,13(19)20-4)10-8-6-7-9-11(16-3)12(15)18/h11,16-17H,5-10H2,1-4H3,(H2,15,18). The molecule has 0 fully saturated rings. The van der Waals surface area contributed by atoms with Crippen molar-refractivity contribution in [2.45, 2.75) is 57.5 Å². The molecule has 0 aliphatic carbocycles. The van der Waals surface area contributed by atoms with Gasteiger partial charge in [-0.15, -0.1) is 0 Å². The maximum Gasteiger partial charge on any atom is 0.325 e. The first-order chi connectivity index (χ1) is 9.41. The summed E-state index contributed by atoms with van der Waals surface area (Å²) in [7, 11) is 3.14. The van der Waals surface area contributed by atoms with E-state index in [4.69, 9.17) is 10.5 Å². The molecule has 0 bridgehead atoms. The van der Waals surface area contributed by atoms with Gasteiger partial charge in [-0.2, -0.15) is 0 Å². The topological polar surface area (TPSA) is 93.5 Å². The zero-order chi connectivity index (χ0) is 15.6. The number of esters is 1. The molecule has 0 radical (unpaired) electrons. The number of nitrogens with one attached hydrogen (secondary N) is 2. The maximum absolute atomic E-state index is 11.8. The Labute approximate surface area is 121 Å². The third-order valence-electron chi connectivity index (χ3n) is 3.56. The Hall–Kier alpha value is -1.14. The summed E-state index contributed by atoms with van der Waals surface area (Å²) < 4.78 is 4.84. The summed E-state index contributed by atoms with van der Waals surface area (Å²) in [4.78, 5) is 22.8. The Morgan fingerprint density at radius 1 is 1.30 bits per heavy atom. The summed E-state index contributed by atoms with van der Waals surface area (Å²) in [6.07, 6.45) is 4.19. The lowest BCUT2D eigenvalue weighted by Crippen LogP contribution is -2.50. The highest BCUT2D eigenvalue weighted by Gasteiger charge is 2.32. The predicted octanol–water partition coefficient (Wildman–Crippen LogP) is 0.551. The fourth-order valence-corrected chi connectivity index (χ4v) is 2.31. The summed E-state index contributed by atoms with van der Waals surface area (Å²) in [6, 6.07) is -0.268. The average molecular weight is 287 g/mol. The highest BCUT2D eigenvalue weighted by Crippen LogP contribution is 2.17. The van der Waals surface area contributed by atoms with Gasteiger partial charge in [0.2, 0.25) is 5.91 Å². The number of nitrogens with two attached hydrogens (primary N) is 1. The molecule has 6 nitrogen and oxygen atoms in total. The second-order valence-corrected chi connectivity index (χ2v) is 5.20. The van der Waals surface area contributed by atoms with Gasteiger partial charge in [0.05, 0.1) is 13.2 Å². The lowest BCUT2D eigenvalue weighted by atomic mass is 9.93. The molecule has 0 aliphatic heterocycles. The Morgan fingerprint density at radius 3 is 2.40 bits per heavy atom. The second kappa shape index (κ2) is 9.72. The minimum Gasteiger partial charge on any atom is -0.468 e.